The van der Waals surface area contributed by atoms with Crippen molar-refractivity contribution in [2.24, 2.45) is 10.9 Å². The number of amidine groups is 1. The summed E-state index contributed by atoms with van der Waals surface area (Å²) in [5, 5.41) is 5.69. The number of rotatable bonds is 4. The maximum atomic E-state index is 12.3. The summed E-state index contributed by atoms with van der Waals surface area (Å²) in [5.41, 5.74) is 0.374. The topological polar surface area (TPSA) is 70.6 Å². The second-order valence-corrected chi connectivity index (χ2v) is 6.39. The van der Waals surface area contributed by atoms with Crippen molar-refractivity contribution in [1.29, 1.82) is 0 Å². The second-order valence-electron chi connectivity index (χ2n) is 6.39. The van der Waals surface area contributed by atoms with Crippen molar-refractivity contribution < 1.29 is 9.59 Å². The summed E-state index contributed by atoms with van der Waals surface area (Å²) in [6.07, 6.45) is 0. The number of hydrogen-bond acceptors (Lipinski definition) is 3. The minimum absolute atomic E-state index is 0.0431. The first kappa shape index (κ1) is 16.2. The second kappa shape index (κ2) is 5.91. The highest BCUT2D eigenvalue weighted by molar-refractivity contribution is 6.18. The number of benzene rings is 1. The molecule has 5 heteroatoms. The maximum Gasteiger partial charge on any atom is 0.253 e. The van der Waals surface area contributed by atoms with E-state index in [0.717, 1.165) is 0 Å². The fourth-order valence-corrected chi connectivity index (χ4v) is 2.29. The molecule has 1 heterocycles. The first-order chi connectivity index (χ1) is 10.3. The van der Waals surface area contributed by atoms with E-state index in [9.17, 15) is 9.59 Å². The number of amides is 2. The van der Waals surface area contributed by atoms with Gasteiger partial charge in [0.25, 0.3) is 11.8 Å². The highest BCUT2D eigenvalue weighted by Gasteiger charge is 2.42. The van der Waals surface area contributed by atoms with Crippen molar-refractivity contribution in [2.75, 3.05) is 0 Å². The van der Waals surface area contributed by atoms with E-state index in [2.05, 4.69) is 15.6 Å². The Kier molecular flexibility index (Phi) is 4.35. The molecular weight excluding hydrogens is 278 g/mol. The molecule has 1 aliphatic heterocycles. The van der Waals surface area contributed by atoms with Gasteiger partial charge in [0.1, 0.15) is 11.4 Å². The first-order valence-corrected chi connectivity index (χ1v) is 7.57. The van der Waals surface area contributed by atoms with Crippen molar-refractivity contribution in [1.82, 2.24) is 10.6 Å². The summed E-state index contributed by atoms with van der Waals surface area (Å²) in [6.45, 7) is 9.56. The van der Waals surface area contributed by atoms with E-state index in [1.165, 1.54) is 0 Å². The van der Waals surface area contributed by atoms with Crippen LogP contribution in [0.5, 0.6) is 0 Å². The van der Waals surface area contributed by atoms with Gasteiger partial charge in [0.15, 0.2) is 0 Å². The molecule has 2 rings (SSSR count). The molecule has 0 aromatic heterocycles. The zero-order valence-electron chi connectivity index (χ0n) is 13.7. The van der Waals surface area contributed by atoms with E-state index in [0.29, 0.717) is 17.0 Å². The van der Waals surface area contributed by atoms with Crippen LogP contribution in [0, 0.1) is 5.92 Å². The van der Waals surface area contributed by atoms with E-state index in [1.807, 2.05) is 40.7 Å². The quantitative estimate of drug-likeness (QED) is 0.894. The SMILES string of the molecule is CC(C)NC(=O)c1ccccc1C1=N[C@](C)(C(C)C)C(=O)N1. The van der Waals surface area contributed by atoms with Gasteiger partial charge in [-0.05, 0) is 32.8 Å². The molecule has 0 radical (unpaired) electrons. The molecule has 0 bridgehead atoms. The lowest BCUT2D eigenvalue weighted by Gasteiger charge is -2.21. The summed E-state index contributed by atoms with van der Waals surface area (Å²) in [5.74, 6) is 0.245. The third kappa shape index (κ3) is 2.89. The fourth-order valence-electron chi connectivity index (χ4n) is 2.29. The van der Waals surface area contributed by atoms with Gasteiger partial charge in [0.2, 0.25) is 0 Å². The molecule has 2 N–H and O–H groups in total. The molecule has 0 fully saturated rings. The number of hydrogen-bond donors (Lipinski definition) is 2. The molecule has 1 atom stereocenters. The van der Waals surface area contributed by atoms with Gasteiger partial charge in [-0.2, -0.15) is 0 Å². The van der Waals surface area contributed by atoms with Gasteiger partial charge in [-0.25, -0.2) is 0 Å². The lowest BCUT2D eigenvalue weighted by Crippen LogP contribution is -2.41. The zero-order valence-corrected chi connectivity index (χ0v) is 13.7. The molecule has 0 aliphatic carbocycles. The molecule has 1 aromatic carbocycles. The number of carbonyl (C=O) groups excluding carboxylic acids is 2. The average molecular weight is 301 g/mol. The Balaban J connectivity index is 2.43. The van der Waals surface area contributed by atoms with Crippen LogP contribution in [0.2, 0.25) is 0 Å². The Labute approximate surface area is 131 Å². The largest absolute Gasteiger partial charge is 0.350 e. The van der Waals surface area contributed by atoms with Crippen LogP contribution in [-0.4, -0.2) is 29.2 Å². The summed E-state index contributed by atoms with van der Waals surface area (Å²) >= 11 is 0. The highest BCUT2D eigenvalue weighted by Crippen LogP contribution is 2.27. The maximum absolute atomic E-state index is 12.3. The van der Waals surface area contributed by atoms with E-state index in [-0.39, 0.29) is 23.8 Å². The van der Waals surface area contributed by atoms with Crippen LogP contribution in [0.25, 0.3) is 0 Å². The predicted molar refractivity (Wildman–Crippen MR) is 87.0 cm³/mol. The molecule has 2 amide bonds. The minimum Gasteiger partial charge on any atom is -0.350 e. The normalized spacial score (nSPS) is 21.0. The molecule has 0 saturated heterocycles. The fraction of sp³-hybridized carbons (Fsp3) is 0.471. The van der Waals surface area contributed by atoms with Gasteiger partial charge in [-0.1, -0.05) is 32.0 Å². The number of carbonyl (C=O) groups is 2. The molecule has 1 aliphatic rings. The summed E-state index contributed by atoms with van der Waals surface area (Å²) in [4.78, 5) is 29.2. The first-order valence-electron chi connectivity index (χ1n) is 7.57. The van der Waals surface area contributed by atoms with E-state index in [4.69, 9.17) is 0 Å². The van der Waals surface area contributed by atoms with E-state index < -0.39 is 5.54 Å². The van der Waals surface area contributed by atoms with Crippen LogP contribution >= 0.6 is 0 Å². The molecular formula is C17H23N3O2. The molecule has 22 heavy (non-hydrogen) atoms. The Bertz CT molecular complexity index is 635. The standard InChI is InChI=1S/C17H23N3O2/c1-10(2)17(5)16(22)19-14(20-17)12-8-6-7-9-13(12)15(21)18-11(3)4/h6-11H,1-5H3,(H,18,21)(H,19,20,22)/t17-/m1/s1. The van der Waals surface area contributed by atoms with Gasteiger partial charge < -0.3 is 10.6 Å². The minimum atomic E-state index is -0.795. The molecule has 0 unspecified atom stereocenters. The van der Waals surface area contributed by atoms with Crippen LogP contribution in [0.1, 0.15) is 50.5 Å². The van der Waals surface area contributed by atoms with Crippen LogP contribution in [0.15, 0.2) is 29.3 Å². The van der Waals surface area contributed by atoms with Crippen molar-refractivity contribution in [3.63, 3.8) is 0 Å². The van der Waals surface area contributed by atoms with Crippen LogP contribution in [-0.2, 0) is 4.79 Å². The monoisotopic (exact) mass is 301 g/mol. The summed E-state index contributed by atoms with van der Waals surface area (Å²) in [6, 6.07) is 7.23. The molecule has 0 spiro atoms. The van der Waals surface area contributed by atoms with Crippen molar-refractivity contribution >= 4 is 17.6 Å². The average Bonchev–Trinajstić information content (AvgIpc) is 2.75. The van der Waals surface area contributed by atoms with Crippen LogP contribution < -0.4 is 10.6 Å². The Morgan fingerprint density at radius 3 is 2.41 bits per heavy atom. The van der Waals surface area contributed by atoms with Crippen LogP contribution in [0.4, 0.5) is 0 Å². The molecule has 118 valence electrons. The molecule has 1 aromatic rings. The highest BCUT2D eigenvalue weighted by atomic mass is 16.2. The van der Waals surface area contributed by atoms with Crippen LogP contribution in [0.3, 0.4) is 0 Å². The Morgan fingerprint density at radius 1 is 1.23 bits per heavy atom. The van der Waals surface area contributed by atoms with Gasteiger partial charge in [-0.3, -0.25) is 14.6 Å². The lowest BCUT2D eigenvalue weighted by atomic mass is 9.89. The summed E-state index contributed by atoms with van der Waals surface area (Å²) in [7, 11) is 0. The Hall–Kier alpha value is -2.17. The third-order valence-electron chi connectivity index (χ3n) is 4.01. The zero-order chi connectivity index (χ0) is 16.5. The van der Waals surface area contributed by atoms with E-state index in [1.54, 1.807) is 18.2 Å². The van der Waals surface area contributed by atoms with Crippen molar-refractivity contribution in [2.45, 2.75) is 46.2 Å². The smallest absolute Gasteiger partial charge is 0.253 e. The summed E-state index contributed by atoms with van der Waals surface area (Å²) < 4.78 is 0. The van der Waals surface area contributed by atoms with Crippen molar-refractivity contribution in [3.05, 3.63) is 35.4 Å². The molecule has 5 nitrogen and oxygen atoms in total. The van der Waals surface area contributed by atoms with Gasteiger partial charge in [0, 0.05) is 11.6 Å². The lowest BCUT2D eigenvalue weighted by molar-refractivity contribution is -0.124. The number of nitrogens with one attached hydrogen (secondary N) is 2. The van der Waals surface area contributed by atoms with Gasteiger partial charge in [0.05, 0.1) is 5.56 Å². The number of nitrogens with zero attached hydrogens (tertiary/aromatic N) is 1. The van der Waals surface area contributed by atoms with Gasteiger partial charge >= 0.3 is 0 Å². The molecule has 0 saturated carbocycles. The van der Waals surface area contributed by atoms with Crippen molar-refractivity contribution in [3.8, 4) is 0 Å². The van der Waals surface area contributed by atoms with E-state index >= 15 is 0 Å². The third-order valence-corrected chi connectivity index (χ3v) is 4.01. The van der Waals surface area contributed by atoms with Gasteiger partial charge in [-0.15, -0.1) is 0 Å². The predicted octanol–water partition coefficient (Wildman–Crippen LogP) is 2.12. The Morgan fingerprint density at radius 2 is 1.86 bits per heavy atom. The number of aliphatic imine (C=N–C) groups is 1.